The van der Waals surface area contributed by atoms with Crippen LogP contribution in [-0.2, 0) is 4.79 Å². The van der Waals surface area contributed by atoms with E-state index in [0.717, 1.165) is 16.8 Å². The van der Waals surface area contributed by atoms with Crippen LogP contribution in [0.3, 0.4) is 0 Å². The second kappa shape index (κ2) is 6.94. The summed E-state index contributed by atoms with van der Waals surface area (Å²) in [6.07, 6.45) is 3.95. The van der Waals surface area contributed by atoms with E-state index in [4.69, 9.17) is 12.2 Å². The van der Waals surface area contributed by atoms with Crippen LogP contribution in [0.1, 0.15) is 12.5 Å². The van der Waals surface area contributed by atoms with Crippen LogP contribution >= 0.6 is 24.0 Å². The van der Waals surface area contributed by atoms with Gasteiger partial charge in [0.1, 0.15) is 0 Å². The molecule has 0 N–H and O–H groups in total. The van der Waals surface area contributed by atoms with E-state index in [9.17, 15) is 4.79 Å². The molecule has 1 amide bonds. The topological polar surface area (TPSA) is 20.3 Å². The monoisotopic (exact) mass is 337 g/mol. The molecule has 2 aromatic carbocycles. The molecule has 1 aliphatic rings. The van der Waals surface area contributed by atoms with Crippen molar-refractivity contribution in [2.24, 2.45) is 0 Å². The molecular weight excluding hydrogens is 322 g/mol. The van der Waals surface area contributed by atoms with E-state index in [1.54, 1.807) is 4.90 Å². The van der Waals surface area contributed by atoms with Crippen LogP contribution in [0.15, 0.2) is 77.2 Å². The van der Waals surface area contributed by atoms with Crippen molar-refractivity contribution in [3.05, 3.63) is 82.8 Å². The van der Waals surface area contributed by atoms with Gasteiger partial charge in [0.25, 0.3) is 5.91 Å². The summed E-state index contributed by atoms with van der Waals surface area (Å²) in [7, 11) is 0. The molecule has 2 nitrogen and oxygen atoms in total. The van der Waals surface area contributed by atoms with E-state index in [0.29, 0.717) is 9.23 Å². The predicted octanol–water partition coefficient (Wildman–Crippen LogP) is 5.04. The molecule has 0 aromatic heterocycles. The van der Waals surface area contributed by atoms with Crippen LogP contribution in [0, 0.1) is 0 Å². The van der Waals surface area contributed by atoms with Crippen LogP contribution in [0.5, 0.6) is 0 Å². The van der Waals surface area contributed by atoms with Crippen molar-refractivity contribution in [1.29, 1.82) is 0 Å². The van der Waals surface area contributed by atoms with Gasteiger partial charge in [-0.3, -0.25) is 9.69 Å². The van der Waals surface area contributed by atoms with Crippen molar-refractivity contribution in [3.8, 4) is 0 Å². The molecular formula is C19H15NOS2. The van der Waals surface area contributed by atoms with E-state index < -0.39 is 0 Å². The highest BCUT2D eigenvalue weighted by Gasteiger charge is 2.32. The molecule has 3 rings (SSSR count). The Kier molecular flexibility index (Phi) is 4.74. The lowest BCUT2D eigenvalue weighted by molar-refractivity contribution is -0.113. The highest BCUT2D eigenvalue weighted by Crippen LogP contribution is 2.35. The normalized spacial score (nSPS) is 17.2. The van der Waals surface area contributed by atoms with E-state index >= 15 is 0 Å². The zero-order valence-corrected chi connectivity index (χ0v) is 14.2. The van der Waals surface area contributed by atoms with Crippen molar-refractivity contribution in [3.63, 3.8) is 0 Å². The van der Waals surface area contributed by atoms with E-state index in [1.807, 2.05) is 73.7 Å². The number of rotatable bonds is 3. The smallest absolute Gasteiger partial charge is 0.268 e. The number of para-hydroxylation sites is 1. The van der Waals surface area contributed by atoms with Gasteiger partial charge >= 0.3 is 0 Å². The van der Waals surface area contributed by atoms with Crippen molar-refractivity contribution in [1.82, 2.24) is 0 Å². The number of carbonyl (C=O) groups is 1. The Morgan fingerprint density at radius 1 is 1.04 bits per heavy atom. The summed E-state index contributed by atoms with van der Waals surface area (Å²) in [5.41, 5.74) is 2.94. The number of hydrogen-bond acceptors (Lipinski definition) is 3. The van der Waals surface area contributed by atoms with Crippen LogP contribution in [0.2, 0.25) is 0 Å². The van der Waals surface area contributed by atoms with Gasteiger partial charge in [0.15, 0.2) is 4.32 Å². The zero-order valence-electron chi connectivity index (χ0n) is 12.6. The van der Waals surface area contributed by atoms with E-state index in [2.05, 4.69) is 6.08 Å². The minimum Gasteiger partial charge on any atom is -0.268 e. The third kappa shape index (κ3) is 3.60. The molecule has 1 aliphatic heterocycles. The van der Waals surface area contributed by atoms with E-state index in [-0.39, 0.29) is 5.91 Å². The second-order valence-corrected chi connectivity index (χ2v) is 6.83. The minimum absolute atomic E-state index is 0.0630. The van der Waals surface area contributed by atoms with Gasteiger partial charge < -0.3 is 0 Å². The Bertz CT molecular complexity index is 795. The molecule has 0 unspecified atom stereocenters. The quantitative estimate of drug-likeness (QED) is 0.578. The summed E-state index contributed by atoms with van der Waals surface area (Å²) < 4.78 is 0.569. The van der Waals surface area contributed by atoms with Crippen molar-refractivity contribution in [2.75, 3.05) is 4.90 Å². The number of allylic oxidation sites excluding steroid dienone is 2. The molecule has 0 aliphatic carbocycles. The number of hydrogen-bond donors (Lipinski definition) is 0. The third-order valence-electron chi connectivity index (χ3n) is 3.36. The first-order valence-electron chi connectivity index (χ1n) is 7.21. The molecule has 0 atom stereocenters. The summed E-state index contributed by atoms with van der Waals surface area (Å²) in [6, 6.07) is 19.5. The summed E-state index contributed by atoms with van der Waals surface area (Å²) in [6.45, 7) is 1.99. The van der Waals surface area contributed by atoms with Crippen LogP contribution in [-0.4, -0.2) is 10.2 Å². The third-order valence-corrected chi connectivity index (χ3v) is 4.66. The van der Waals surface area contributed by atoms with Crippen molar-refractivity contribution in [2.45, 2.75) is 6.92 Å². The summed E-state index contributed by atoms with van der Waals surface area (Å²) in [4.78, 5) is 14.9. The lowest BCUT2D eigenvalue weighted by atomic mass is 10.1. The van der Waals surface area contributed by atoms with E-state index in [1.165, 1.54) is 11.8 Å². The van der Waals surface area contributed by atoms with Gasteiger partial charge in [-0.05, 0) is 36.3 Å². The molecule has 4 heteroatoms. The molecule has 1 saturated heterocycles. The highest BCUT2D eigenvalue weighted by atomic mass is 32.2. The van der Waals surface area contributed by atoms with Gasteiger partial charge in [-0.25, -0.2) is 0 Å². The fraction of sp³-hybridized carbons (Fsp3) is 0.0526. The van der Waals surface area contributed by atoms with Gasteiger partial charge in [-0.15, -0.1) is 0 Å². The number of thioether (sulfide) groups is 1. The molecule has 1 fully saturated rings. The van der Waals surface area contributed by atoms with Crippen LogP contribution in [0.4, 0.5) is 5.69 Å². The van der Waals surface area contributed by atoms with Gasteiger partial charge in [-0.2, -0.15) is 0 Å². The summed E-state index contributed by atoms with van der Waals surface area (Å²) >= 11 is 6.71. The Labute approximate surface area is 145 Å². The van der Waals surface area contributed by atoms with Crippen molar-refractivity contribution < 1.29 is 4.79 Å². The predicted molar refractivity (Wildman–Crippen MR) is 102 cm³/mol. The Balaban J connectivity index is 1.86. The average Bonchev–Trinajstić information content (AvgIpc) is 2.83. The number of thiocarbonyl (C=S) groups is 1. The summed E-state index contributed by atoms with van der Waals surface area (Å²) in [5.74, 6) is -0.0630. The fourth-order valence-corrected chi connectivity index (χ4v) is 3.68. The first kappa shape index (κ1) is 15.7. The molecule has 0 spiro atoms. The number of nitrogens with zero attached hydrogens (tertiary/aromatic N) is 1. The SMILES string of the molecule is CC(=C/c1ccccc1)/C=C1/SC(=S)N(c2ccccc2)C1=O. The maximum Gasteiger partial charge on any atom is 0.270 e. The molecule has 0 saturated carbocycles. The Hall–Kier alpha value is -2.17. The van der Waals surface area contributed by atoms with Crippen LogP contribution < -0.4 is 4.90 Å². The summed E-state index contributed by atoms with van der Waals surface area (Å²) in [5, 5.41) is 0. The minimum atomic E-state index is -0.0630. The van der Waals surface area contributed by atoms with Gasteiger partial charge in [0, 0.05) is 0 Å². The molecule has 0 radical (unpaired) electrons. The van der Waals surface area contributed by atoms with Gasteiger partial charge in [-0.1, -0.05) is 78.6 Å². The van der Waals surface area contributed by atoms with Crippen LogP contribution in [0.25, 0.3) is 6.08 Å². The molecule has 23 heavy (non-hydrogen) atoms. The number of benzene rings is 2. The second-order valence-electron chi connectivity index (χ2n) is 5.15. The number of carbonyl (C=O) groups excluding carboxylic acids is 1. The average molecular weight is 337 g/mol. The molecule has 114 valence electrons. The lowest BCUT2D eigenvalue weighted by Crippen LogP contribution is -2.27. The standard InChI is InChI=1S/C19H15NOS2/c1-14(12-15-8-4-2-5-9-15)13-17-18(21)20(19(22)23-17)16-10-6-3-7-11-16/h2-13H,1H3/b14-12-,17-13+. The number of amides is 1. The highest BCUT2D eigenvalue weighted by molar-refractivity contribution is 8.27. The first-order chi connectivity index (χ1) is 11.1. The number of anilines is 1. The maximum absolute atomic E-state index is 12.6. The van der Waals surface area contributed by atoms with Crippen molar-refractivity contribution >= 4 is 46.0 Å². The van der Waals surface area contributed by atoms with Gasteiger partial charge in [0.05, 0.1) is 10.6 Å². The molecule has 1 heterocycles. The Morgan fingerprint density at radius 3 is 2.30 bits per heavy atom. The largest absolute Gasteiger partial charge is 0.270 e. The van der Waals surface area contributed by atoms with Gasteiger partial charge in [0.2, 0.25) is 0 Å². The first-order valence-corrected chi connectivity index (χ1v) is 8.44. The molecule has 0 bridgehead atoms. The Morgan fingerprint density at radius 2 is 1.65 bits per heavy atom. The maximum atomic E-state index is 12.6. The fourth-order valence-electron chi connectivity index (χ4n) is 2.33. The lowest BCUT2D eigenvalue weighted by Gasteiger charge is -2.13. The molecule has 2 aromatic rings. The zero-order chi connectivity index (χ0) is 16.2.